The molecule has 0 unspecified atom stereocenters. The van der Waals surface area contributed by atoms with Crippen molar-refractivity contribution >= 4 is 6.03 Å². The number of ether oxygens (including phenoxy) is 1. The van der Waals surface area contributed by atoms with Crippen LogP contribution in [0.5, 0.6) is 5.75 Å². The lowest BCUT2D eigenvalue weighted by atomic mass is 9.94. The molecule has 166 valence electrons. The number of carbonyl (C=O) groups excluding carboxylic acids is 1. The Morgan fingerprint density at radius 2 is 1.47 bits per heavy atom. The summed E-state index contributed by atoms with van der Waals surface area (Å²) in [7, 11) is 0. The third kappa shape index (κ3) is 6.36. The fraction of sp³-hybridized carbons (Fsp3) is 0.321. The summed E-state index contributed by atoms with van der Waals surface area (Å²) < 4.78 is 6.01. The van der Waals surface area contributed by atoms with Crippen molar-refractivity contribution in [2.24, 2.45) is 0 Å². The number of amides is 2. The second-order valence-corrected chi connectivity index (χ2v) is 8.49. The van der Waals surface area contributed by atoms with Crippen LogP contribution < -0.4 is 10.1 Å². The lowest BCUT2D eigenvalue weighted by molar-refractivity contribution is 0.150. The van der Waals surface area contributed by atoms with Crippen molar-refractivity contribution in [3.05, 3.63) is 102 Å². The van der Waals surface area contributed by atoms with E-state index < -0.39 is 0 Å². The third-order valence-corrected chi connectivity index (χ3v) is 6.06. The third-order valence-electron chi connectivity index (χ3n) is 6.06. The predicted octanol–water partition coefficient (Wildman–Crippen LogP) is 6.31. The molecule has 32 heavy (non-hydrogen) atoms. The Balaban J connectivity index is 1.42. The molecule has 2 amide bonds. The van der Waals surface area contributed by atoms with Crippen molar-refractivity contribution < 1.29 is 9.53 Å². The molecule has 1 aliphatic rings. The highest BCUT2D eigenvalue weighted by Gasteiger charge is 2.25. The number of benzene rings is 3. The molecule has 0 atom stereocenters. The van der Waals surface area contributed by atoms with Crippen LogP contribution in [0, 0.1) is 0 Å². The average molecular weight is 429 g/mol. The number of rotatable bonds is 8. The van der Waals surface area contributed by atoms with Crippen molar-refractivity contribution in [3.8, 4) is 5.75 Å². The molecule has 4 nitrogen and oxygen atoms in total. The van der Waals surface area contributed by atoms with Crippen LogP contribution in [-0.4, -0.2) is 17.0 Å². The maximum Gasteiger partial charge on any atom is 0.318 e. The van der Waals surface area contributed by atoms with Gasteiger partial charge in [0.15, 0.2) is 0 Å². The van der Waals surface area contributed by atoms with Crippen LogP contribution in [0.1, 0.15) is 48.8 Å². The Kier molecular flexibility index (Phi) is 7.80. The van der Waals surface area contributed by atoms with Gasteiger partial charge < -0.3 is 15.0 Å². The van der Waals surface area contributed by atoms with E-state index in [0.29, 0.717) is 19.7 Å². The normalized spacial score (nSPS) is 14.0. The van der Waals surface area contributed by atoms with Crippen LogP contribution in [-0.2, 0) is 19.7 Å². The molecule has 4 rings (SSSR count). The maximum absolute atomic E-state index is 13.2. The van der Waals surface area contributed by atoms with E-state index in [0.717, 1.165) is 35.3 Å². The molecule has 0 aromatic heterocycles. The first-order chi connectivity index (χ1) is 15.8. The summed E-state index contributed by atoms with van der Waals surface area (Å²) in [5.41, 5.74) is 3.35. The summed E-state index contributed by atoms with van der Waals surface area (Å²) >= 11 is 0. The molecule has 0 aliphatic heterocycles. The smallest absolute Gasteiger partial charge is 0.318 e. The Hall–Kier alpha value is -3.27. The average Bonchev–Trinajstić information content (AvgIpc) is 2.87. The highest BCUT2D eigenvalue weighted by Crippen LogP contribution is 2.25. The molecule has 1 N–H and O–H groups in total. The highest BCUT2D eigenvalue weighted by molar-refractivity contribution is 5.74. The molecule has 1 fully saturated rings. The SMILES string of the molecule is O=C(NCc1ccccc1)N(Cc1cccc(OCc2ccccc2)c1)C1CCCCC1. The minimum absolute atomic E-state index is 0.0105. The Labute approximate surface area is 191 Å². The van der Waals surface area contributed by atoms with E-state index in [1.165, 1.54) is 19.3 Å². The van der Waals surface area contributed by atoms with Crippen molar-refractivity contribution in [1.82, 2.24) is 10.2 Å². The maximum atomic E-state index is 13.2. The predicted molar refractivity (Wildman–Crippen MR) is 128 cm³/mol. The number of hydrogen-bond donors (Lipinski definition) is 1. The van der Waals surface area contributed by atoms with Crippen molar-refractivity contribution in [2.45, 2.75) is 57.8 Å². The summed E-state index contributed by atoms with van der Waals surface area (Å²) in [4.78, 5) is 15.2. The monoisotopic (exact) mass is 428 g/mol. The molecule has 3 aromatic rings. The van der Waals surface area contributed by atoms with Gasteiger partial charge >= 0.3 is 6.03 Å². The molecule has 1 aliphatic carbocycles. The molecule has 1 saturated carbocycles. The number of urea groups is 1. The number of carbonyl (C=O) groups is 1. The largest absolute Gasteiger partial charge is 0.489 e. The lowest BCUT2D eigenvalue weighted by Crippen LogP contribution is -2.46. The first kappa shape index (κ1) is 21.9. The van der Waals surface area contributed by atoms with Gasteiger partial charge in [-0.15, -0.1) is 0 Å². The van der Waals surface area contributed by atoms with Crippen LogP contribution in [0.3, 0.4) is 0 Å². The van der Waals surface area contributed by atoms with Crippen molar-refractivity contribution in [3.63, 3.8) is 0 Å². The van der Waals surface area contributed by atoms with Gasteiger partial charge in [0.2, 0.25) is 0 Å². The van der Waals surface area contributed by atoms with Gasteiger partial charge in [0.25, 0.3) is 0 Å². The molecule has 0 bridgehead atoms. The van der Waals surface area contributed by atoms with Crippen LogP contribution in [0.25, 0.3) is 0 Å². The van der Waals surface area contributed by atoms with E-state index in [2.05, 4.69) is 29.6 Å². The molecular formula is C28H32N2O2. The standard InChI is InChI=1S/C28H32N2O2/c31-28(29-20-23-11-4-1-5-12-23)30(26-16-8-3-9-17-26)21-25-15-10-18-27(19-25)32-22-24-13-6-2-7-14-24/h1-2,4-7,10-15,18-19,26H,3,8-9,16-17,20-22H2,(H,29,31). The second kappa shape index (κ2) is 11.4. The summed E-state index contributed by atoms with van der Waals surface area (Å²) in [6.07, 6.45) is 5.78. The summed E-state index contributed by atoms with van der Waals surface area (Å²) in [5.74, 6) is 0.833. The minimum atomic E-state index is 0.0105. The number of nitrogens with one attached hydrogen (secondary N) is 1. The zero-order chi connectivity index (χ0) is 22.0. The first-order valence-corrected chi connectivity index (χ1v) is 11.6. The number of hydrogen-bond acceptors (Lipinski definition) is 2. The van der Waals surface area contributed by atoms with Crippen LogP contribution in [0.15, 0.2) is 84.9 Å². The second-order valence-electron chi connectivity index (χ2n) is 8.49. The first-order valence-electron chi connectivity index (χ1n) is 11.6. The molecule has 0 saturated heterocycles. The summed E-state index contributed by atoms with van der Waals surface area (Å²) in [6, 6.07) is 28.7. The minimum Gasteiger partial charge on any atom is -0.489 e. The van der Waals surface area contributed by atoms with Gasteiger partial charge in [-0.05, 0) is 41.7 Å². The van der Waals surface area contributed by atoms with E-state index in [-0.39, 0.29) is 12.1 Å². The van der Waals surface area contributed by atoms with E-state index >= 15 is 0 Å². The topological polar surface area (TPSA) is 41.6 Å². The highest BCUT2D eigenvalue weighted by atomic mass is 16.5. The lowest BCUT2D eigenvalue weighted by Gasteiger charge is -2.34. The van der Waals surface area contributed by atoms with E-state index in [4.69, 9.17) is 4.74 Å². The fourth-order valence-corrected chi connectivity index (χ4v) is 4.31. The van der Waals surface area contributed by atoms with Gasteiger partial charge in [-0.2, -0.15) is 0 Å². The van der Waals surface area contributed by atoms with Gasteiger partial charge in [-0.25, -0.2) is 4.79 Å². The molecule has 4 heteroatoms. The van der Waals surface area contributed by atoms with E-state index in [9.17, 15) is 4.79 Å². The van der Waals surface area contributed by atoms with E-state index in [1.54, 1.807) is 0 Å². The van der Waals surface area contributed by atoms with Gasteiger partial charge in [-0.3, -0.25) is 0 Å². The van der Waals surface area contributed by atoms with E-state index in [1.807, 2.05) is 65.6 Å². The zero-order valence-electron chi connectivity index (χ0n) is 18.6. The summed E-state index contributed by atoms with van der Waals surface area (Å²) in [6.45, 7) is 1.67. The Morgan fingerprint density at radius 3 is 2.19 bits per heavy atom. The van der Waals surface area contributed by atoms with Crippen LogP contribution >= 0.6 is 0 Å². The van der Waals surface area contributed by atoms with Crippen molar-refractivity contribution in [2.75, 3.05) is 0 Å². The molecule has 0 radical (unpaired) electrons. The zero-order valence-corrected chi connectivity index (χ0v) is 18.6. The van der Waals surface area contributed by atoms with Crippen LogP contribution in [0.4, 0.5) is 4.79 Å². The van der Waals surface area contributed by atoms with Gasteiger partial charge in [-0.1, -0.05) is 92.1 Å². The van der Waals surface area contributed by atoms with Crippen LogP contribution in [0.2, 0.25) is 0 Å². The van der Waals surface area contributed by atoms with Crippen molar-refractivity contribution in [1.29, 1.82) is 0 Å². The number of nitrogens with zero attached hydrogens (tertiary/aromatic N) is 1. The van der Waals surface area contributed by atoms with Gasteiger partial charge in [0.05, 0.1) is 0 Å². The quantitative estimate of drug-likeness (QED) is 0.457. The van der Waals surface area contributed by atoms with Gasteiger partial charge in [0.1, 0.15) is 12.4 Å². The fourth-order valence-electron chi connectivity index (χ4n) is 4.31. The molecule has 3 aromatic carbocycles. The molecule has 0 heterocycles. The Bertz CT molecular complexity index is 969. The molecular weight excluding hydrogens is 396 g/mol. The molecule has 0 spiro atoms. The van der Waals surface area contributed by atoms with Gasteiger partial charge in [0, 0.05) is 19.1 Å². The Morgan fingerprint density at radius 1 is 0.812 bits per heavy atom. The summed E-state index contributed by atoms with van der Waals surface area (Å²) in [5, 5.41) is 3.13.